The molecule has 0 heterocycles. The van der Waals surface area contributed by atoms with Crippen LogP contribution in [0.15, 0.2) is 12.1 Å². The number of halogens is 4. The van der Waals surface area contributed by atoms with Crippen LogP contribution in [0.1, 0.15) is 5.56 Å². The molecule has 2 nitrogen and oxygen atoms in total. The van der Waals surface area contributed by atoms with E-state index < -0.39 is 28.8 Å². The van der Waals surface area contributed by atoms with E-state index in [1.807, 2.05) is 0 Å². The zero-order valence-corrected chi connectivity index (χ0v) is 7.36. The summed E-state index contributed by atoms with van der Waals surface area (Å²) in [4.78, 5) is 0. The van der Waals surface area contributed by atoms with Crippen LogP contribution in [0, 0.1) is 17.1 Å². The first-order valence-corrected chi connectivity index (χ1v) is 3.77. The summed E-state index contributed by atoms with van der Waals surface area (Å²) in [6.45, 7) is -3.07. The molecule has 0 amide bonds. The molecule has 0 bridgehead atoms. The molecule has 0 saturated heterocycles. The number of nitriles is 1. The number of hydrogen-bond donors (Lipinski definition) is 0. The molecule has 0 atom stereocenters. The van der Waals surface area contributed by atoms with Gasteiger partial charge in [-0.2, -0.15) is 14.0 Å². The molecule has 0 aromatic heterocycles. The monoisotopic (exact) mass is 221 g/mol. The van der Waals surface area contributed by atoms with Crippen molar-refractivity contribution in [1.82, 2.24) is 0 Å². The molecule has 0 fully saturated rings. The molecule has 14 heavy (non-hydrogen) atoms. The molecule has 74 valence electrons. The smallest absolute Gasteiger partial charge is 0.387 e. The number of rotatable bonds is 2. The van der Waals surface area contributed by atoms with Gasteiger partial charge in [0.05, 0.1) is 0 Å². The largest absolute Gasteiger partial charge is 0.433 e. The lowest BCUT2D eigenvalue weighted by Crippen LogP contribution is -2.03. The van der Waals surface area contributed by atoms with E-state index in [2.05, 4.69) is 4.74 Å². The molecular weight excluding hydrogens is 219 g/mol. The van der Waals surface area contributed by atoms with E-state index in [-0.39, 0.29) is 0 Å². The van der Waals surface area contributed by atoms with Gasteiger partial charge in [0, 0.05) is 0 Å². The van der Waals surface area contributed by atoms with Gasteiger partial charge in [0.15, 0.2) is 0 Å². The first-order valence-electron chi connectivity index (χ1n) is 3.39. The van der Waals surface area contributed by atoms with Crippen molar-refractivity contribution in [2.45, 2.75) is 6.61 Å². The van der Waals surface area contributed by atoms with Gasteiger partial charge in [-0.3, -0.25) is 0 Å². The van der Waals surface area contributed by atoms with Crippen LogP contribution < -0.4 is 4.74 Å². The zero-order chi connectivity index (χ0) is 10.7. The minimum absolute atomic E-state index is 0.417. The summed E-state index contributed by atoms with van der Waals surface area (Å²) >= 11 is 5.44. The minimum atomic E-state index is -3.07. The second-order valence-corrected chi connectivity index (χ2v) is 2.60. The van der Waals surface area contributed by atoms with Crippen LogP contribution in [0.4, 0.5) is 13.2 Å². The summed E-state index contributed by atoms with van der Waals surface area (Å²) in [6.07, 6.45) is 0. The van der Waals surface area contributed by atoms with E-state index in [9.17, 15) is 13.2 Å². The van der Waals surface area contributed by atoms with Crippen molar-refractivity contribution in [3.8, 4) is 11.8 Å². The summed E-state index contributed by atoms with van der Waals surface area (Å²) in [5.41, 5.74) is -0.509. The van der Waals surface area contributed by atoms with Gasteiger partial charge in [-0.1, -0.05) is 11.6 Å². The zero-order valence-electron chi connectivity index (χ0n) is 6.60. The van der Waals surface area contributed by atoms with Crippen LogP contribution in [-0.4, -0.2) is 6.61 Å². The Morgan fingerprint density at radius 1 is 1.43 bits per heavy atom. The molecule has 0 aliphatic rings. The number of benzene rings is 1. The van der Waals surface area contributed by atoms with Gasteiger partial charge in [0.2, 0.25) is 0 Å². The van der Waals surface area contributed by atoms with Crippen molar-refractivity contribution < 1.29 is 17.9 Å². The summed E-state index contributed by atoms with van der Waals surface area (Å²) in [5, 5.41) is 7.99. The van der Waals surface area contributed by atoms with Crippen LogP contribution in [0.25, 0.3) is 0 Å². The van der Waals surface area contributed by atoms with Gasteiger partial charge in [0.1, 0.15) is 28.2 Å². The quantitative estimate of drug-likeness (QED) is 0.769. The molecule has 1 aromatic carbocycles. The van der Waals surface area contributed by atoms with Crippen molar-refractivity contribution in [3.05, 3.63) is 28.5 Å². The highest BCUT2D eigenvalue weighted by molar-refractivity contribution is 6.33. The SMILES string of the molecule is N#Cc1c(F)ccc(OC(F)F)c1Cl. The molecule has 0 radical (unpaired) electrons. The predicted molar refractivity (Wildman–Crippen MR) is 42.8 cm³/mol. The maximum Gasteiger partial charge on any atom is 0.387 e. The van der Waals surface area contributed by atoms with Crippen molar-refractivity contribution in [2.75, 3.05) is 0 Å². The Morgan fingerprint density at radius 2 is 2.07 bits per heavy atom. The van der Waals surface area contributed by atoms with Crippen molar-refractivity contribution >= 4 is 11.6 Å². The van der Waals surface area contributed by atoms with Crippen molar-refractivity contribution in [2.24, 2.45) is 0 Å². The second-order valence-electron chi connectivity index (χ2n) is 2.22. The van der Waals surface area contributed by atoms with Crippen LogP contribution in [0.3, 0.4) is 0 Å². The van der Waals surface area contributed by atoms with Crippen LogP contribution in [0.5, 0.6) is 5.75 Å². The Morgan fingerprint density at radius 3 is 2.57 bits per heavy atom. The summed E-state index contributed by atoms with van der Waals surface area (Å²) in [5.74, 6) is -1.29. The molecule has 6 heteroatoms. The van der Waals surface area contributed by atoms with Gasteiger partial charge >= 0.3 is 6.61 Å². The fourth-order valence-electron chi connectivity index (χ4n) is 0.823. The normalized spacial score (nSPS) is 10.0. The fourth-order valence-corrected chi connectivity index (χ4v) is 1.06. The minimum Gasteiger partial charge on any atom is -0.433 e. The average Bonchev–Trinajstić information content (AvgIpc) is 2.10. The summed E-state index contributed by atoms with van der Waals surface area (Å²) in [7, 11) is 0. The Hall–Kier alpha value is -1.41. The Labute approximate surface area is 82.5 Å². The number of nitrogens with zero attached hydrogens (tertiary/aromatic N) is 1. The third kappa shape index (κ3) is 2.09. The number of ether oxygens (including phenoxy) is 1. The molecule has 0 N–H and O–H groups in total. The molecule has 0 aliphatic heterocycles. The van der Waals surface area contributed by atoms with E-state index in [1.165, 1.54) is 6.07 Å². The molecule has 0 aliphatic carbocycles. The first-order chi connectivity index (χ1) is 6.56. The average molecular weight is 222 g/mol. The van der Waals surface area contributed by atoms with E-state index in [1.54, 1.807) is 0 Å². The highest BCUT2D eigenvalue weighted by Gasteiger charge is 2.15. The Kier molecular flexibility index (Phi) is 3.20. The van der Waals surface area contributed by atoms with Gasteiger partial charge in [-0.15, -0.1) is 0 Å². The molecule has 0 unspecified atom stereocenters. The molecule has 1 aromatic rings. The third-order valence-electron chi connectivity index (χ3n) is 1.38. The second kappa shape index (κ2) is 4.20. The van der Waals surface area contributed by atoms with E-state index >= 15 is 0 Å². The molecule has 0 spiro atoms. The van der Waals surface area contributed by atoms with E-state index in [0.29, 0.717) is 0 Å². The van der Waals surface area contributed by atoms with Gasteiger partial charge in [0.25, 0.3) is 0 Å². The summed E-state index contributed by atoms with van der Waals surface area (Å²) < 4.78 is 40.3. The standard InChI is InChI=1S/C8H3ClF3NO/c9-7-4(3-13)5(10)1-2-6(7)14-8(11)12/h1-2,8H. The predicted octanol–water partition coefficient (Wildman–Crippen LogP) is 2.95. The van der Waals surface area contributed by atoms with Crippen molar-refractivity contribution in [3.63, 3.8) is 0 Å². The summed E-state index contributed by atoms with van der Waals surface area (Å²) in [6, 6.07) is 3.22. The maximum absolute atomic E-state index is 12.8. The van der Waals surface area contributed by atoms with Crippen LogP contribution >= 0.6 is 11.6 Å². The van der Waals surface area contributed by atoms with Crippen molar-refractivity contribution in [1.29, 1.82) is 5.26 Å². The topological polar surface area (TPSA) is 33.0 Å². The molecule has 0 saturated carbocycles. The number of hydrogen-bond acceptors (Lipinski definition) is 2. The highest BCUT2D eigenvalue weighted by Crippen LogP contribution is 2.30. The van der Waals surface area contributed by atoms with Gasteiger partial charge in [-0.25, -0.2) is 4.39 Å². The van der Waals surface area contributed by atoms with Gasteiger partial charge < -0.3 is 4.74 Å². The lowest BCUT2D eigenvalue weighted by atomic mass is 10.2. The van der Waals surface area contributed by atoms with E-state index in [0.717, 1.165) is 12.1 Å². The molecular formula is C8H3ClF3NO. The van der Waals surface area contributed by atoms with Crippen LogP contribution in [0.2, 0.25) is 5.02 Å². The van der Waals surface area contributed by atoms with Gasteiger partial charge in [-0.05, 0) is 12.1 Å². The third-order valence-corrected chi connectivity index (χ3v) is 1.76. The van der Waals surface area contributed by atoms with Crippen LogP contribution in [-0.2, 0) is 0 Å². The molecule has 1 rings (SSSR count). The lowest BCUT2D eigenvalue weighted by Gasteiger charge is -2.07. The Bertz CT molecular complexity index is 389. The number of alkyl halides is 2. The highest BCUT2D eigenvalue weighted by atomic mass is 35.5. The first kappa shape index (κ1) is 10.7. The lowest BCUT2D eigenvalue weighted by molar-refractivity contribution is -0.0498. The fraction of sp³-hybridized carbons (Fsp3) is 0.125. The van der Waals surface area contributed by atoms with E-state index in [4.69, 9.17) is 16.9 Å². The Balaban J connectivity index is 3.16. The maximum atomic E-state index is 12.8.